The van der Waals surface area contributed by atoms with E-state index in [1.54, 1.807) is 18.2 Å². The number of benzene rings is 2. The number of ether oxygens (including phenoxy) is 5. The SMILES string of the molecule is CC(=O)OC[C@@H]1S[C@H](Oc2ccc(Cl)cc2Cc2ccccc2)[C@H](OC(C)=O)[C@@H](OC(C)=O)[C@@H]1OC(C)=O. The van der Waals surface area contributed by atoms with Gasteiger partial charge < -0.3 is 23.7 Å². The highest BCUT2D eigenvalue weighted by molar-refractivity contribution is 8.00. The maximum Gasteiger partial charge on any atom is 0.303 e. The molecule has 0 N–H and O–H groups in total. The van der Waals surface area contributed by atoms with Gasteiger partial charge >= 0.3 is 23.9 Å². The fourth-order valence-corrected chi connectivity index (χ4v) is 5.60. The molecule has 204 valence electrons. The van der Waals surface area contributed by atoms with E-state index in [1.807, 2.05) is 30.3 Å². The van der Waals surface area contributed by atoms with E-state index >= 15 is 0 Å². The summed E-state index contributed by atoms with van der Waals surface area (Å²) in [6.07, 6.45) is -2.96. The monoisotopic (exact) mass is 564 g/mol. The third-order valence-electron chi connectivity index (χ3n) is 5.45. The maximum atomic E-state index is 12.1. The molecule has 0 spiro atoms. The fraction of sp³-hybridized carbons (Fsp3) is 0.407. The van der Waals surface area contributed by atoms with Gasteiger partial charge in [0.1, 0.15) is 12.4 Å². The number of carbonyl (C=O) groups is 4. The molecule has 3 rings (SSSR count). The van der Waals surface area contributed by atoms with E-state index in [1.165, 1.54) is 27.7 Å². The zero-order chi connectivity index (χ0) is 27.8. The molecule has 0 aromatic heterocycles. The topological polar surface area (TPSA) is 114 Å². The largest absolute Gasteiger partial charge is 0.475 e. The predicted molar refractivity (Wildman–Crippen MR) is 140 cm³/mol. The van der Waals surface area contributed by atoms with Crippen LogP contribution in [-0.4, -0.2) is 59.5 Å². The van der Waals surface area contributed by atoms with Crippen molar-refractivity contribution in [1.29, 1.82) is 0 Å². The van der Waals surface area contributed by atoms with Gasteiger partial charge in [0.15, 0.2) is 23.7 Å². The Kier molecular flexibility index (Phi) is 10.4. The zero-order valence-corrected chi connectivity index (χ0v) is 23.0. The summed E-state index contributed by atoms with van der Waals surface area (Å²) in [5.74, 6) is -2.06. The van der Waals surface area contributed by atoms with Crippen LogP contribution in [0.1, 0.15) is 38.8 Å². The number of carbonyl (C=O) groups excluding carboxylic acids is 4. The van der Waals surface area contributed by atoms with Gasteiger partial charge in [-0.2, -0.15) is 0 Å². The van der Waals surface area contributed by atoms with Crippen LogP contribution in [0.15, 0.2) is 48.5 Å². The van der Waals surface area contributed by atoms with Crippen LogP contribution in [0.5, 0.6) is 5.75 Å². The molecule has 0 amide bonds. The first-order chi connectivity index (χ1) is 18.0. The van der Waals surface area contributed by atoms with Crippen LogP contribution in [0.3, 0.4) is 0 Å². The number of hydrogen-bond donors (Lipinski definition) is 0. The van der Waals surface area contributed by atoms with Gasteiger partial charge in [-0.05, 0) is 23.8 Å². The van der Waals surface area contributed by atoms with Gasteiger partial charge in [-0.3, -0.25) is 19.2 Å². The maximum absolute atomic E-state index is 12.1. The summed E-state index contributed by atoms with van der Waals surface area (Å²) in [5, 5.41) is -0.189. The summed E-state index contributed by atoms with van der Waals surface area (Å²) >= 11 is 7.42. The van der Waals surface area contributed by atoms with Crippen molar-refractivity contribution in [2.75, 3.05) is 6.61 Å². The predicted octanol–water partition coefficient (Wildman–Crippen LogP) is 4.11. The van der Waals surface area contributed by atoms with Crippen LogP contribution < -0.4 is 4.74 Å². The van der Waals surface area contributed by atoms with Gasteiger partial charge in [0.25, 0.3) is 0 Å². The summed E-state index contributed by atoms with van der Waals surface area (Å²) in [6.45, 7) is 4.68. The first-order valence-corrected chi connectivity index (χ1v) is 13.1. The molecule has 0 aliphatic carbocycles. The molecule has 0 unspecified atom stereocenters. The average molecular weight is 565 g/mol. The van der Waals surface area contributed by atoms with Crippen molar-refractivity contribution < 1.29 is 42.9 Å². The highest BCUT2D eigenvalue weighted by Gasteiger charge is 2.53. The molecule has 0 radical (unpaired) electrons. The molecule has 0 saturated carbocycles. The molecule has 5 atom stereocenters. The lowest BCUT2D eigenvalue weighted by Crippen LogP contribution is -2.59. The van der Waals surface area contributed by atoms with Crippen LogP contribution in [0.2, 0.25) is 5.02 Å². The van der Waals surface area contributed by atoms with E-state index in [0.29, 0.717) is 17.2 Å². The summed E-state index contributed by atoms with van der Waals surface area (Å²) in [7, 11) is 0. The molecule has 2 aromatic rings. The van der Waals surface area contributed by atoms with Gasteiger partial charge in [-0.25, -0.2) is 0 Å². The van der Waals surface area contributed by atoms with Crippen LogP contribution in [0.4, 0.5) is 0 Å². The quantitative estimate of drug-likeness (QED) is 0.325. The van der Waals surface area contributed by atoms with Gasteiger partial charge in [0.2, 0.25) is 0 Å². The third kappa shape index (κ3) is 8.39. The van der Waals surface area contributed by atoms with E-state index in [-0.39, 0.29) is 6.61 Å². The van der Waals surface area contributed by atoms with Crippen molar-refractivity contribution in [3.63, 3.8) is 0 Å². The lowest BCUT2D eigenvalue weighted by molar-refractivity contribution is -0.190. The van der Waals surface area contributed by atoms with Crippen molar-refractivity contribution in [2.24, 2.45) is 0 Å². The first-order valence-electron chi connectivity index (χ1n) is 11.8. The van der Waals surface area contributed by atoms with Crippen LogP contribution >= 0.6 is 23.4 Å². The molecule has 1 saturated heterocycles. The second kappa shape index (κ2) is 13.5. The summed E-state index contributed by atoms with van der Waals surface area (Å²) in [4.78, 5) is 47.7. The van der Waals surface area contributed by atoms with Gasteiger partial charge in [0, 0.05) is 44.7 Å². The number of thioether (sulfide) groups is 1. The smallest absolute Gasteiger partial charge is 0.303 e. The average Bonchev–Trinajstić information content (AvgIpc) is 2.83. The number of rotatable bonds is 9. The lowest BCUT2D eigenvalue weighted by atomic mass is 10.0. The minimum absolute atomic E-state index is 0.167. The van der Waals surface area contributed by atoms with E-state index in [4.69, 9.17) is 35.3 Å². The van der Waals surface area contributed by atoms with Gasteiger partial charge in [0.05, 0.1) is 5.25 Å². The highest BCUT2D eigenvalue weighted by atomic mass is 35.5. The van der Waals surface area contributed by atoms with Crippen molar-refractivity contribution in [3.8, 4) is 5.75 Å². The molecular weight excluding hydrogens is 536 g/mol. The normalized spacial score (nSPS) is 22.6. The Morgan fingerprint density at radius 1 is 0.789 bits per heavy atom. The molecule has 38 heavy (non-hydrogen) atoms. The summed E-state index contributed by atoms with van der Waals surface area (Å²) in [5.41, 5.74) is 0.868. The van der Waals surface area contributed by atoms with Crippen LogP contribution in [-0.2, 0) is 44.5 Å². The van der Waals surface area contributed by atoms with E-state index in [9.17, 15) is 19.2 Å². The summed E-state index contributed by atoms with van der Waals surface area (Å²) in [6, 6.07) is 14.8. The Labute approximate surface area is 230 Å². The second-order valence-electron chi connectivity index (χ2n) is 8.60. The van der Waals surface area contributed by atoms with Gasteiger partial charge in [-0.15, -0.1) is 11.8 Å². The van der Waals surface area contributed by atoms with Gasteiger partial charge in [-0.1, -0.05) is 41.9 Å². The molecule has 11 heteroatoms. The third-order valence-corrected chi connectivity index (χ3v) is 7.07. The molecule has 1 aliphatic heterocycles. The Hall–Kier alpha value is -3.24. The summed E-state index contributed by atoms with van der Waals surface area (Å²) < 4.78 is 28.2. The number of hydrogen-bond acceptors (Lipinski definition) is 10. The molecule has 0 bridgehead atoms. The molecular formula is C27H29ClO9S. The zero-order valence-electron chi connectivity index (χ0n) is 21.4. The Morgan fingerprint density at radius 2 is 1.39 bits per heavy atom. The highest BCUT2D eigenvalue weighted by Crippen LogP contribution is 2.40. The van der Waals surface area contributed by atoms with Crippen molar-refractivity contribution in [3.05, 3.63) is 64.7 Å². The van der Waals surface area contributed by atoms with Crippen molar-refractivity contribution >= 4 is 47.2 Å². The molecule has 2 aromatic carbocycles. The number of esters is 4. The van der Waals surface area contributed by atoms with Crippen molar-refractivity contribution in [2.45, 2.75) is 63.1 Å². The fourth-order valence-electron chi connectivity index (χ4n) is 4.03. The standard InChI is InChI=1S/C27H29ClO9S/c1-15(29)33-14-23-24(34-16(2)30)25(35-17(3)31)26(36-18(4)32)27(38-23)37-22-11-10-21(28)13-20(22)12-19-8-6-5-7-9-19/h5-11,13,23-27H,12,14H2,1-4H3/t23-,24+,25-,26+,27-/m0/s1. The first kappa shape index (κ1) is 29.3. The van der Waals surface area contributed by atoms with Crippen molar-refractivity contribution in [1.82, 2.24) is 0 Å². The minimum Gasteiger partial charge on any atom is -0.475 e. The lowest BCUT2D eigenvalue weighted by Gasteiger charge is -2.43. The molecule has 9 nitrogen and oxygen atoms in total. The van der Waals surface area contributed by atoms with E-state index in [0.717, 1.165) is 22.9 Å². The molecule has 1 aliphatic rings. The Morgan fingerprint density at radius 3 is 2.00 bits per heavy atom. The Bertz CT molecular complexity index is 1160. The molecule has 1 fully saturated rings. The van der Waals surface area contributed by atoms with Crippen LogP contribution in [0.25, 0.3) is 0 Å². The van der Waals surface area contributed by atoms with Crippen LogP contribution in [0, 0.1) is 0 Å². The number of halogens is 1. The Balaban J connectivity index is 2.02. The van der Waals surface area contributed by atoms with E-state index in [2.05, 4.69) is 0 Å². The second-order valence-corrected chi connectivity index (χ2v) is 10.4. The molecule has 1 heterocycles. The minimum atomic E-state index is -1.23. The van der Waals surface area contributed by atoms with E-state index < -0.39 is 52.9 Å².